The van der Waals surface area contributed by atoms with Crippen molar-refractivity contribution in [3.8, 4) is 0 Å². The van der Waals surface area contributed by atoms with Crippen LogP contribution in [0.25, 0.3) is 0 Å². The number of rotatable bonds is 6. The minimum Gasteiger partial charge on any atom is -0.377 e. The topological polar surface area (TPSA) is 30.3 Å². The van der Waals surface area contributed by atoms with Gasteiger partial charge >= 0.3 is 0 Å². The molecule has 1 aromatic heterocycles. The molecule has 1 saturated heterocycles. The lowest BCUT2D eigenvalue weighted by Crippen LogP contribution is -2.36. The summed E-state index contributed by atoms with van der Waals surface area (Å²) in [5.41, 5.74) is 1.21. The highest BCUT2D eigenvalue weighted by molar-refractivity contribution is 6.17. The first-order chi connectivity index (χ1) is 10.3. The fraction of sp³-hybridized carbons (Fsp3) is 0.812. The molecule has 118 valence electrons. The van der Waals surface area contributed by atoms with E-state index in [1.165, 1.54) is 31.4 Å². The smallest absolute Gasteiger partial charge is 0.0764 e. The summed E-state index contributed by atoms with van der Waals surface area (Å²) in [4.78, 5) is 2.49. The van der Waals surface area contributed by atoms with E-state index in [1.807, 2.05) is 0 Å². The quantitative estimate of drug-likeness (QED) is 0.756. The molecule has 2 heterocycles. The Labute approximate surface area is 132 Å². The Bertz CT molecular complexity index is 423. The monoisotopic (exact) mass is 311 g/mol. The van der Waals surface area contributed by atoms with Gasteiger partial charge in [0, 0.05) is 31.7 Å². The average molecular weight is 312 g/mol. The van der Waals surface area contributed by atoms with Crippen LogP contribution in [-0.2, 0) is 11.3 Å². The van der Waals surface area contributed by atoms with E-state index in [4.69, 9.17) is 21.4 Å². The molecule has 4 nitrogen and oxygen atoms in total. The molecule has 1 aromatic rings. The maximum atomic E-state index is 5.72. The van der Waals surface area contributed by atoms with E-state index >= 15 is 0 Å². The number of ether oxygens (including phenoxy) is 1. The van der Waals surface area contributed by atoms with Gasteiger partial charge in [0.1, 0.15) is 0 Å². The fourth-order valence-electron chi connectivity index (χ4n) is 3.51. The van der Waals surface area contributed by atoms with Gasteiger partial charge in [0.05, 0.1) is 24.4 Å². The Morgan fingerprint density at radius 2 is 1.95 bits per heavy atom. The number of hydrogen-bond acceptors (Lipinski definition) is 3. The third kappa shape index (κ3) is 4.21. The number of nitrogens with zero attached hydrogens (tertiary/aromatic N) is 3. The molecular weight excluding hydrogens is 286 g/mol. The van der Waals surface area contributed by atoms with Crippen molar-refractivity contribution < 1.29 is 4.74 Å². The Balaban J connectivity index is 1.45. The number of alkyl halides is 1. The van der Waals surface area contributed by atoms with Crippen LogP contribution in [0.4, 0.5) is 0 Å². The van der Waals surface area contributed by atoms with E-state index in [0.717, 1.165) is 32.5 Å². The highest BCUT2D eigenvalue weighted by Gasteiger charge is 2.21. The summed E-state index contributed by atoms with van der Waals surface area (Å²) in [6.45, 7) is 3.85. The summed E-state index contributed by atoms with van der Waals surface area (Å²) >= 11 is 5.67. The van der Waals surface area contributed by atoms with Gasteiger partial charge in [-0.2, -0.15) is 5.10 Å². The highest BCUT2D eigenvalue weighted by Crippen LogP contribution is 2.28. The van der Waals surface area contributed by atoms with Crippen molar-refractivity contribution in [2.45, 2.75) is 57.2 Å². The lowest BCUT2D eigenvalue weighted by molar-refractivity contribution is 0.0132. The molecule has 5 heteroatoms. The van der Waals surface area contributed by atoms with Crippen LogP contribution in [0, 0.1) is 0 Å². The van der Waals surface area contributed by atoms with E-state index in [1.54, 1.807) is 0 Å². The molecule has 3 rings (SSSR count). The first-order valence-electron chi connectivity index (χ1n) is 8.29. The molecule has 0 aromatic carbocycles. The molecule has 1 aliphatic carbocycles. The highest BCUT2D eigenvalue weighted by atomic mass is 35.5. The lowest BCUT2D eigenvalue weighted by Gasteiger charge is -2.31. The van der Waals surface area contributed by atoms with Crippen molar-refractivity contribution in [2.24, 2.45) is 0 Å². The second kappa shape index (κ2) is 7.61. The third-order valence-electron chi connectivity index (χ3n) is 4.71. The van der Waals surface area contributed by atoms with Gasteiger partial charge in [-0.3, -0.25) is 9.58 Å². The van der Waals surface area contributed by atoms with Crippen molar-refractivity contribution in [1.82, 2.24) is 14.7 Å². The molecule has 1 aliphatic heterocycles. The zero-order chi connectivity index (χ0) is 14.5. The maximum absolute atomic E-state index is 5.72. The Hall–Kier alpha value is -0.580. The summed E-state index contributed by atoms with van der Waals surface area (Å²) in [7, 11) is 0. The van der Waals surface area contributed by atoms with Crippen LogP contribution in [0.15, 0.2) is 12.3 Å². The van der Waals surface area contributed by atoms with E-state index in [2.05, 4.69) is 21.8 Å². The molecule has 0 bridgehead atoms. The normalized spacial score (nSPS) is 22.1. The number of piperidine rings is 1. The van der Waals surface area contributed by atoms with Gasteiger partial charge in [0.2, 0.25) is 0 Å². The second-order valence-electron chi connectivity index (χ2n) is 6.26. The second-order valence-corrected chi connectivity index (χ2v) is 6.64. The van der Waals surface area contributed by atoms with Crippen LogP contribution in [-0.4, -0.2) is 46.4 Å². The first kappa shape index (κ1) is 15.3. The van der Waals surface area contributed by atoms with Crippen molar-refractivity contribution >= 4 is 11.6 Å². The van der Waals surface area contributed by atoms with Crippen molar-refractivity contribution in [1.29, 1.82) is 0 Å². The number of halogens is 1. The Kier molecular flexibility index (Phi) is 5.55. The predicted octanol–water partition coefficient (Wildman–Crippen LogP) is 3.22. The summed E-state index contributed by atoms with van der Waals surface area (Å²) < 4.78 is 7.92. The summed E-state index contributed by atoms with van der Waals surface area (Å²) in [5.74, 6) is 0.596. The molecular formula is C16H26ClN3O. The third-order valence-corrected chi connectivity index (χ3v) is 4.87. The minimum atomic E-state index is 0.399. The molecule has 2 fully saturated rings. The van der Waals surface area contributed by atoms with E-state index in [0.29, 0.717) is 24.6 Å². The number of likely N-dealkylation sites (tertiary alicyclic amines) is 1. The minimum absolute atomic E-state index is 0.399. The molecule has 0 radical (unpaired) electrons. The van der Waals surface area contributed by atoms with Gasteiger partial charge in [-0.1, -0.05) is 12.8 Å². The maximum Gasteiger partial charge on any atom is 0.0764 e. The predicted molar refractivity (Wildman–Crippen MR) is 84.7 cm³/mol. The lowest BCUT2D eigenvalue weighted by atomic mass is 10.1. The Morgan fingerprint density at radius 3 is 2.67 bits per heavy atom. The Morgan fingerprint density at radius 1 is 1.19 bits per heavy atom. The van der Waals surface area contributed by atoms with Gasteiger partial charge in [0.25, 0.3) is 0 Å². The first-order valence-corrected chi connectivity index (χ1v) is 8.82. The van der Waals surface area contributed by atoms with Crippen molar-refractivity contribution in [2.75, 3.05) is 25.6 Å². The van der Waals surface area contributed by atoms with Crippen LogP contribution >= 0.6 is 11.6 Å². The molecule has 2 aliphatic rings. The van der Waals surface area contributed by atoms with Gasteiger partial charge in [-0.15, -0.1) is 11.6 Å². The van der Waals surface area contributed by atoms with Crippen LogP contribution in [0.1, 0.15) is 50.3 Å². The number of hydrogen-bond donors (Lipinski definition) is 0. The summed E-state index contributed by atoms with van der Waals surface area (Å²) in [6, 6.07) is 2.84. The van der Waals surface area contributed by atoms with E-state index in [-0.39, 0.29) is 0 Å². The van der Waals surface area contributed by atoms with Gasteiger partial charge < -0.3 is 4.74 Å². The van der Waals surface area contributed by atoms with Crippen LogP contribution in [0.5, 0.6) is 0 Å². The average Bonchev–Trinajstić information content (AvgIpc) is 3.17. The molecule has 0 spiro atoms. The van der Waals surface area contributed by atoms with Gasteiger partial charge in [-0.25, -0.2) is 0 Å². The zero-order valence-electron chi connectivity index (χ0n) is 12.7. The van der Waals surface area contributed by atoms with Gasteiger partial charge in [-0.05, 0) is 31.7 Å². The summed E-state index contributed by atoms with van der Waals surface area (Å²) in [5, 5.41) is 4.78. The molecule has 21 heavy (non-hydrogen) atoms. The molecule has 0 amide bonds. The SMILES string of the molecule is ClCCOC1CCN(Cc2ccn(C3CCCC3)n2)CC1. The molecule has 0 N–H and O–H groups in total. The van der Waals surface area contributed by atoms with E-state index in [9.17, 15) is 0 Å². The number of aromatic nitrogens is 2. The summed E-state index contributed by atoms with van der Waals surface area (Å²) in [6.07, 6.45) is 10.1. The van der Waals surface area contributed by atoms with E-state index < -0.39 is 0 Å². The molecule has 0 atom stereocenters. The largest absolute Gasteiger partial charge is 0.377 e. The van der Waals surface area contributed by atoms with Crippen molar-refractivity contribution in [3.63, 3.8) is 0 Å². The standard InChI is InChI=1S/C16H26ClN3O/c17-8-12-21-16-6-9-19(10-7-16)13-14-5-11-20(18-14)15-3-1-2-4-15/h5,11,15-16H,1-4,6-10,12-13H2. The van der Waals surface area contributed by atoms with Crippen LogP contribution in [0.2, 0.25) is 0 Å². The van der Waals surface area contributed by atoms with Gasteiger partial charge in [0.15, 0.2) is 0 Å². The van der Waals surface area contributed by atoms with Crippen LogP contribution < -0.4 is 0 Å². The zero-order valence-corrected chi connectivity index (χ0v) is 13.5. The molecule has 0 unspecified atom stereocenters. The van der Waals surface area contributed by atoms with Crippen molar-refractivity contribution in [3.05, 3.63) is 18.0 Å². The molecule has 1 saturated carbocycles. The fourth-order valence-corrected chi connectivity index (χ4v) is 3.60. The van der Waals surface area contributed by atoms with Crippen LogP contribution in [0.3, 0.4) is 0 Å².